The van der Waals surface area contributed by atoms with E-state index in [1.807, 2.05) is 31.1 Å². The summed E-state index contributed by atoms with van der Waals surface area (Å²) in [6.07, 6.45) is 0. The first kappa shape index (κ1) is 19.7. The summed E-state index contributed by atoms with van der Waals surface area (Å²) in [5, 5.41) is 0.952. The number of nitrogens with zero attached hydrogens (tertiary/aromatic N) is 3. The van der Waals surface area contributed by atoms with Crippen molar-refractivity contribution in [3.05, 3.63) is 22.5 Å². The van der Waals surface area contributed by atoms with Crippen LogP contribution in [0.1, 0.15) is 5.56 Å². The fraction of sp³-hybridized carbons (Fsp3) is 0.429. The van der Waals surface area contributed by atoms with Gasteiger partial charge in [-0.2, -0.15) is 4.98 Å². The molecule has 0 spiro atoms. The van der Waals surface area contributed by atoms with Crippen LogP contribution in [0.15, 0.2) is 17.1 Å². The Kier molecular flexibility index (Phi) is 7.80. The first-order valence-corrected chi connectivity index (χ1v) is 8.68. The third-order valence-corrected chi connectivity index (χ3v) is 5.09. The van der Waals surface area contributed by atoms with Crippen LogP contribution in [0, 0.1) is 0 Å². The largest absolute Gasteiger partial charge is 0.493 e. The zero-order chi connectivity index (χ0) is 16.1. The van der Waals surface area contributed by atoms with E-state index < -0.39 is 0 Å². The molecule has 1 heterocycles. The van der Waals surface area contributed by atoms with Crippen molar-refractivity contribution in [2.75, 3.05) is 40.3 Å². The van der Waals surface area contributed by atoms with Gasteiger partial charge in [0, 0.05) is 14.1 Å². The van der Waals surface area contributed by atoms with Gasteiger partial charge in [0.2, 0.25) is 10.6 Å². The van der Waals surface area contributed by atoms with Crippen LogP contribution < -0.4 is 23.9 Å². The zero-order valence-electron chi connectivity index (χ0n) is 13.7. The Morgan fingerprint density at radius 3 is 2.09 bits per heavy atom. The van der Waals surface area contributed by atoms with Crippen LogP contribution in [-0.2, 0) is 6.54 Å². The maximum absolute atomic E-state index is 5.34. The van der Waals surface area contributed by atoms with E-state index in [-0.39, 0.29) is 17.0 Å². The Morgan fingerprint density at radius 2 is 1.65 bits per heavy atom. The van der Waals surface area contributed by atoms with Crippen LogP contribution in [0.4, 0.5) is 5.13 Å². The Morgan fingerprint density at radius 1 is 1.04 bits per heavy atom. The van der Waals surface area contributed by atoms with Crippen LogP contribution >= 0.6 is 37.7 Å². The van der Waals surface area contributed by atoms with Gasteiger partial charge in [-0.05, 0) is 38.4 Å². The molecule has 0 unspecified atom stereocenters. The Labute approximate surface area is 153 Å². The smallest absolute Gasteiger partial charge is 0.217 e. The monoisotopic (exact) mass is 421 g/mol. The van der Waals surface area contributed by atoms with Gasteiger partial charge in [0.15, 0.2) is 16.6 Å². The third kappa shape index (κ3) is 4.82. The van der Waals surface area contributed by atoms with Gasteiger partial charge in [0.1, 0.15) is 0 Å². The molecule has 2 aromatic rings. The lowest BCUT2D eigenvalue weighted by atomic mass is 10.2. The van der Waals surface area contributed by atoms with E-state index in [1.165, 1.54) is 0 Å². The normalized spacial score (nSPS) is 10.9. The molecule has 0 atom stereocenters. The van der Waals surface area contributed by atoms with Crippen molar-refractivity contribution in [2.45, 2.75) is 6.54 Å². The molecular weight excluding hydrogens is 402 g/mol. The van der Waals surface area contributed by atoms with Crippen molar-refractivity contribution >= 4 is 42.8 Å². The van der Waals surface area contributed by atoms with E-state index in [0.717, 1.165) is 15.5 Å². The predicted octanol–water partition coefficient (Wildman–Crippen LogP) is 2.98. The quantitative estimate of drug-likeness (QED) is 0.670. The summed E-state index contributed by atoms with van der Waals surface area (Å²) in [4.78, 5) is 11.7. The van der Waals surface area contributed by atoms with E-state index in [2.05, 4.69) is 9.98 Å². The molecule has 1 aromatic carbocycles. The van der Waals surface area contributed by atoms with E-state index in [4.69, 9.17) is 14.2 Å². The number of methoxy groups -OCH3 is 3. The van der Waals surface area contributed by atoms with Gasteiger partial charge in [-0.3, -0.25) is 4.99 Å². The molecule has 0 N–H and O–H groups in total. The van der Waals surface area contributed by atoms with Crippen molar-refractivity contribution in [1.82, 2.24) is 4.98 Å². The zero-order valence-corrected chi connectivity index (χ0v) is 17.0. The first-order chi connectivity index (χ1) is 10.6. The van der Waals surface area contributed by atoms with Gasteiger partial charge in [0.05, 0.1) is 27.9 Å². The molecule has 0 saturated carbocycles. The van der Waals surface area contributed by atoms with E-state index in [9.17, 15) is 0 Å². The van der Waals surface area contributed by atoms with Gasteiger partial charge >= 0.3 is 0 Å². The molecule has 0 aliphatic carbocycles. The standard InChI is InChI=1S/C14H19N3O3S2.BrH/c1-17(2)14-16-13(21-22-14)15-8-9-6-10(18-3)12(20-5)11(7-9)19-4;/h6-7H,8H2,1-5H3;1H. The molecule has 0 aliphatic heterocycles. The Bertz CT molecular complexity index is 676. The van der Waals surface area contributed by atoms with Gasteiger partial charge in [0.25, 0.3) is 0 Å². The summed E-state index contributed by atoms with van der Waals surface area (Å²) >= 11 is 0. The number of benzene rings is 1. The highest BCUT2D eigenvalue weighted by atomic mass is 79.9. The summed E-state index contributed by atoms with van der Waals surface area (Å²) in [7, 11) is 11.9. The first-order valence-electron chi connectivity index (χ1n) is 6.53. The van der Waals surface area contributed by atoms with E-state index >= 15 is 0 Å². The second-order valence-corrected chi connectivity index (χ2v) is 6.65. The lowest BCUT2D eigenvalue weighted by Gasteiger charge is -2.13. The topological polar surface area (TPSA) is 56.2 Å². The Balaban J connectivity index is 0.00000264. The van der Waals surface area contributed by atoms with Crippen molar-refractivity contribution < 1.29 is 14.2 Å². The minimum Gasteiger partial charge on any atom is -0.493 e. The number of halogens is 1. The van der Waals surface area contributed by atoms with Gasteiger partial charge in [-0.1, -0.05) is 0 Å². The number of anilines is 1. The van der Waals surface area contributed by atoms with Gasteiger partial charge in [-0.15, -0.1) is 17.0 Å². The number of hydrogen-bond donors (Lipinski definition) is 0. The minimum atomic E-state index is 0. The van der Waals surface area contributed by atoms with Crippen LogP contribution in [0.3, 0.4) is 0 Å². The van der Waals surface area contributed by atoms with Crippen molar-refractivity contribution in [1.29, 1.82) is 0 Å². The average molecular weight is 422 g/mol. The molecule has 128 valence electrons. The summed E-state index contributed by atoms with van der Waals surface area (Å²) in [5.41, 5.74) is 0.973. The molecule has 0 saturated heterocycles. The number of rotatable bonds is 6. The number of aromatic nitrogens is 1. The molecule has 2 rings (SSSR count). The van der Waals surface area contributed by atoms with Crippen LogP contribution in [-0.4, -0.2) is 40.4 Å². The number of hydrogen-bond acceptors (Lipinski definition) is 8. The van der Waals surface area contributed by atoms with E-state index in [0.29, 0.717) is 23.8 Å². The molecule has 1 aromatic heterocycles. The summed E-state index contributed by atoms with van der Waals surface area (Å²) in [5.74, 6) is 1.84. The van der Waals surface area contributed by atoms with Gasteiger partial charge < -0.3 is 19.1 Å². The maximum atomic E-state index is 5.34. The van der Waals surface area contributed by atoms with Crippen molar-refractivity contribution in [2.24, 2.45) is 4.99 Å². The maximum Gasteiger partial charge on any atom is 0.217 e. The van der Waals surface area contributed by atoms with Crippen LogP contribution in [0.2, 0.25) is 0 Å². The molecule has 0 radical (unpaired) electrons. The highest BCUT2D eigenvalue weighted by Gasteiger charge is 2.12. The van der Waals surface area contributed by atoms with Gasteiger partial charge in [-0.25, -0.2) is 0 Å². The summed E-state index contributed by atoms with van der Waals surface area (Å²) in [6, 6.07) is 3.80. The van der Waals surface area contributed by atoms with Crippen LogP contribution in [0.25, 0.3) is 0 Å². The molecule has 0 fully saturated rings. The summed E-state index contributed by atoms with van der Waals surface area (Å²) in [6.45, 7) is 0.504. The minimum absolute atomic E-state index is 0. The Hall–Kier alpha value is -1.32. The highest BCUT2D eigenvalue weighted by molar-refractivity contribution is 8.93. The third-order valence-electron chi connectivity index (χ3n) is 2.89. The number of ether oxygens (including phenoxy) is 3. The SMILES string of the molecule is Br.COc1cc(CN=c2nc(N(C)C)ss2)cc(OC)c1OC. The lowest BCUT2D eigenvalue weighted by Crippen LogP contribution is -2.10. The highest BCUT2D eigenvalue weighted by Crippen LogP contribution is 2.38. The molecule has 0 bridgehead atoms. The summed E-state index contributed by atoms with van der Waals surface area (Å²) < 4.78 is 16.0. The van der Waals surface area contributed by atoms with E-state index in [1.54, 1.807) is 42.0 Å². The molecule has 23 heavy (non-hydrogen) atoms. The second-order valence-electron chi connectivity index (χ2n) is 4.59. The molecule has 0 aliphatic rings. The van der Waals surface area contributed by atoms with Crippen molar-refractivity contribution in [3.8, 4) is 17.2 Å². The van der Waals surface area contributed by atoms with Crippen molar-refractivity contribution in [3.63, 3.8) is 0 Å². The predicted molar refractivity (Wildman–Crippen MR) is 100 cm³/mol. The molecule has 0 amide bonds. The molecule has 9 heteroatoms. The van der Waals surface area contributed by atoms with Crippen LogP contribution in [0.5, 0.6) is 17.2 Å². The lowest BCUT2D eigenvalue weighted by molar-refractivity contribution is 0.324. The fourth-order valence-corrected chi connectivity index (χ4v) is 3.81. The fourth-order valence-electron chi connectivity index (χ4n) is 1.82. The molecular formula is C14H20BrN3O3S2. The second kappa shape index (κ2) is 9.09. The molecule has 6 nitrogen and oxygen atoms in total. The average Bonchev–Trinajstić information content (AvgIpc) is 3.00.